The van der Waals surface area contributed by atoms with Gasteiger partial charge in [0.15, 0.2) is 5.78 Å². The van der Waals surface area contributed by atoms with Gasteiger partial charge >= 0.3 is 0 Å². The number of rotatable bonds is 6. The lowest BCUT2D eigenvalue weighted by atomic mass is 9.93. The standard InChI is InChI=1S/C20H25N3O2/c1-14-18-16(8-5-9-17(18)24)22-19(14)20(25)23(13-11-21)12-10-15-6-3-2-4-7-15/h2-4,6-7,22H,5,8-13,21H2,1H3. The van der Waals surface area contributed by atoms with Crippen molar-refractivity contribution in [1.82, 2.24) is 9.88 Å². The summed E-state index contributed by atoms with van der Waals surface area (Å²) >= 11 is 0. The first-order valence-electron chi connectivity index (χ1n) is 8.89. The Bertz CT molecular complexity index is 765. The summed E-state index contributed by atoms with van der Waals surface area (Å²) in [5.41, 5.74) is 9.87. The molecule has 0 radical (unpaired) electrons. The van der Waals surface area contributed by atoms with Gasteiger partial charge in [-0.1, -0.05) is 30.3 Å². The second-order valence-electron chi connectivity index (χ2n) is 6.57. The van der Waals surface area contributed by atoms with Crippen molar-refractivity contribution in [1.29, 1.82) is 0 Å². The Morgan fingerprint density at radius 1 is 1.20 bits per heavy atom. The summed E-state index contributed by atoms with van der Waals surface area (Å²) in [6.45, 7) is 3.39. The number of aromatic amines is 1. The minimum absolute atomic E-state index is 0.0684. The topological polar surface area (TPSA) is 79.2 Å². The van der Waals surface area contributed by atoms with Crippen molar-refractivity contribution < 1.29 is 9.59 Å². The highest BCUT2D eigenvalue weighted by molar-refractivity contribution is 6.04. The summed E-state index contributed by atoms with van der Waals surface area (Å²) in [5.74, 6) is 0.0739. The van der Waals surface area contributed by atoms with E-state index >= 15 is 0 Å². The van der Waals surface area contributed by atoms with Crippen LogP contribution < -0.4 is 5.73 Å². The molecule has 132 valence electrons. The van der Waals surface area contributed by atoms with Crippen molar-refractivity contribution >= 4 is 11.7 Å². The molecule has 25 heavy (non-hydrogen) atoms. The van der Waals surface area contributed by atoms with E-state index in [0.29, 0.717) is 31.7 Å². The Morgan fingerprint density at radius 2 is 1.96 bits per heavy atom. The molecule has 1 aliphatic carbocycles. The fourth-order valence-corrected chi connectivity index (χ4v) is 3.53. The van der Waals surface area contributed by atoms with Crippen LogP contribution in [0.2, 0.25) is 0 Å². The van der Waals surface area contributed by atoms with Crippen LogP contribution in [0.5, 0.6) is 0 Å². The Labute approximate surface area is 148 Å². The summed E-state index contributed by atoms with van der Waals surface area (Å²) in [6.07, 6.45) is 3.03. The van der Waals surface area contributed by atoms with Crippen LogP contribution in [-0.2, 0) is 12.8 Å². The Hall–Kier alpha value is -2.40. The van der Waals surface area contributed by atoms with Crippen LogP contribution in [-0.4, -0.2) is 41.2 Å². The van der Waals surface area contributed by atoms with Crippen molar-refractivity contribution in [3.63, 3.8) is 0 Å². The molecule has 5 heteroatoms. The van der Waals surface area contributed by atoms with Gasteiger partial charge < -0.3 is 15.6 Å². The highest BCUT2D eigenvalue weighted by Crippen LogP contribution is 2.27. The third-order valence-corrected chi connectivity index (χ3v) is 4.85. The third-order valence-electron chi connectivity index (χ3n) is 4.85. The maximum absolute atomic E-state index is 13.0. The van der Waals surface area contributed by atoms with Crippen LogP contribution in [0.25, 0.3) is 0 Å². The molecule has 0 saturated carbocycles. The quantitative estimate of drug-likeness (QED) is 0.848. The lowest BCUT2D eigenvalue weighted by Crippen LogP contribution is -2.37. The van der Waals surface area contributed by atoms with Crippen LogP contribution in [0.4, 0.5) is 0 Å². The molecule has 0 fully saturated rings. The summed E-state index contributed by atoms with van der Waals surface area (Å²) in [4.78, 5) is 30.2. The first-order chi connectivity index (χ1) is 12.1. The van der Waals surface area contributed by atoms with Gasteiger partial charge in [0.05, 0.1) is 0 Å². The molecule has 1 aromatic carbocycles. The second kappa shape index (κ2) is 7.66. The molecule has 0 aliphatic heterocycles. The number of nitrogens with two attached hydrogens (primary N) is 1. The monoisotopic (exact) mass is 339 g/mol. The molecular formula is C20H25N3O2. The van der Waals surface area contributed by atoms with E-state index in [0.717, 1.165) is 36.1 Å². The van der Waals surface area contributed by atoms with E-state index in [1.165, 1.54) is 5.56 Å². The predicted octanol–water partition coefficient (Wildman–Crippen LogP) is 2.49. The highest BCUT2D eigenvalue weighted by Gasteiger charge is 2.28. The summed E-state index contributed by atoms with van der Waals surface area (Å²) in [6, 6.07) is 10.1. The fraction of sp³-hybridized carbons (Fsp3) is 0.400. The third kappa shape index (κ3) is 3.66. The van der Waals surface area contributed by atoms with Gasteiger partial charge in [-0.2, -0.15) is 0 Å². The molecule has 0 bridgehead atoms. The molecule has 0 saturated heterocycles. The molecule has 5 nitrogen and oxygen atoms in total. The molecule has 1 aromatic heterocycles. The van der Waals surface area contributed by atoms with Gasteiger partial charge in [0, 0.05) is 37.3 Å². The lowest BCUT2D eigenvalue weighted by Gasteiger charge is -2.22. The van der Waals surface area contributed by atoms with Crippen LogP contribution >= 0.6 is 0 Å². The van der Waals surface area contributed by atoms with Crippen LogP contribution in [0.15, 0.2) is 30.3 Å². The Balaban J connectivity index is 1.80. The van der Waals surface area contributed by atoms with Crippen molar-refractivity contribution in [2.75, 3.05) is 19.6 Å². The number of carbonyl (C=O) groups excluding carboxylic acids is 2. The van der Waals surface area contributed by atoms with Gasteiger partial charge in [0.2, 0.25) is 0 Å². The predicted molar refractivity (Wildman–Crippen MR) is 97.9 cm³/mol. The molecule has 1 heterocycles. The minimum atomic E-state index is -0.0684. The van der Waals surface area contributed by atoms with Crippen molar-refractivity contribution in [2.24, 2.45) is 5.73 Å². The van der Waals surface area contributed by atoms with Crippen LogP contribution in [0, 0.1) is 6.92 Å². The lowest BCUT2D eigenvalue weighted by molar-refractivity contribution is 0.0756. The maximum atomic E-state index is 13.0. The van der Waals surface area contributed by atoms with Crippen molar-refractivity contribution in [3.8, 4) is 0 Å². The number of hydrogen-bond acceptors (Lipinski definition) is 3. The number of carbonyl (C=O) groups is 2. The average Bonchev–Trinajstić information content (AvgIpc) is 2.97. The second-order valence-corrected chi connectivity index (χ2v) is 6.57. The zero-order valence-electron chi connectivity index (χ0n) is 14.7. The molecule has 3 rings (SSSR count). The largest absolute Gasteiger partial charge is 0.354 e. The SMILES string of the molecule is Cc1c(C(=O)N(CCN)CCc2ccccc2)[nH]c2c1C(=O)CCC2. The number of aryl methyl sites for hydroxylation is 1. The molecule has 1 amide bonds. The molecular weight excluding hydrogens is 314 g/mol. The van der Waals surface area contributed by atoms with Gasteiger partial charge in [-0.3, -0.25) is 9.59 Å². The van der Waals surface area contributed by atoms with Crippen molar-refractivity contribution in [3.05, 3.63) is 58.4 Å². The number of benzene rings is 1. The van der Waals surface area contributed by atoms with E-state index in [4.69, 9.17) is 5.73 Å². The van der Waals surface area contributed by atoms with Crippen LogP contribution in [0.1, 0.15) is 50.5 Å². The normalized spacial score (nSPS) is 13.6. The Morgan fingerprint density at radius 3 is 2.64 bits per heavy atom. The van der Waals surface area contributed by atoms with Crippen LogP contribution in [0.3, 0.4) is 0 Å². The number of fused-ring (bicyclic) bond motifs is 1. The van der Waals surface area contributed by atoms with Gasteiger partial charge in [-0.25, -0.2) is 0 Å². The number of nitrogens with zero attached hydrogens (tertiary/aromatic N) is 1. The maximum Gasteiger partial charge on any atom is 0.270 e. The van der Waals surface area contributed by atoms with Gasteiger partial charge in [0.25, 0.3) is 5.91 Å². The average molecular weight is 339 g/mol. The molecule has 3 N–H and O–H groups in total. The number of hydrogen-bond donors (Lipinski definition) is 2. The number of nitrogens with one attached hydrogen (secondary N) is 1. The zero-order chi connectivity index (χ0) is 17.8. The molecule has 0 unspecified atom stereocenters. The van der Waals surface area contributed by atoms with Crippen molar-refractivity contribution in [2.45, 2.75) is 32.6 Å². The fourth-order valence-electron chi connectivity index (χ4n) is 3.53. The number of ketones is 1. The van der Waals surface area contributed by atoms with Gasteiger partial charge in [-0.15, -0.1) is 0 Å². The molecule has 1 aliphatic rings. The molecule has 0 spiro atoms. The van der Waals surface area contributed by atoms with E-state index in [1.54, 1.807) is 4.90 Å². The van der Waals surface area contributed by atoms with E-state index in [-0.39, 0.29) is 11.7 Å². The summed E-state index contributed by atoms with van der Waals surface area (Å²) < 4.78 is 0. The number of H-pyrrole nitrogens is 1. The minimum Gasteiger partial charge on any atom is -0.354 e. The van der Waals surface area contributed by atoms with Gasteiger partial charge in [0.1, 0.15) is 5.69 Å². The van der Waals surface area contributed by atoms with Gasteiger partial charge in [-0.05, 0) is 37.3 Å². The summed E-state index contributed by atoms with van der Waals surface area (Å²) in [5, 5.41) is 0. The number of aromatic nitrogens is 1. The van der Waals surface area contributed by atoms with E-state index in [9.17, 15) is 9.59 Å². The number of Topliss-reactive ketones (excluding diaryl/α,β-unsaturated/α-hetero) is 1. The summed E-state index contributed by atoms with van der Waals surface area (Å²) in [7, 11) is 0. The van der Waals surface area contributed by atoms with E-state index in [1.807, 2.05) is 25.1 Å². The molecule has 2 aromatic rings. The molecule has 0 atom stereocenters. The first kappa shape index (κ1) is 17.4. The zero-order valence-corrected chi connectivity index (χ0v) is 14.7. The first-order valence-corrected chi connectivity index (χ1v) is 8.89. The van der Waals surface area contributed by atoms with E-state index < -0.39 is 0 Å². The highest BCUT2D eigenvalue weighted by atomic mass is 16.2. The van der Waals surface area contributed by atoms with E-state index in [2.05, 4.69) is 17.1 Å². The number of amides is 1. The Kier molecular flexibility index (Phi) is 5.34. The smallest absolute Gasteiger partial charge is 0.270 e.